The first-order chi connectivity index (χ1) is 13.0. The first-order valence-corrected chi connectivity index (χ1v) is 7.98. The Hall–Kier alpha value is -3.95. The lowest BCUT2D eigenvalue weighted by molar-refractivity contribution is 0.0591. The summed E-state index contributed by atoms with van der Waals surface area (Å²) in [6, 6.07) is 5.90. The van der Waals surface area contributed by atoms with Crippen LogP contribution in [0.1, 0.15) is 50.0 Å². The van der Waals surface area contributed by atoms with Crippen molar-refractivity contribution in [3.05, 3.63) is 65.6 Å². The van der Waals surface area contributed by atoms with Gasteiger partial charge in [-0.25, -0.2) is 9.97 Å². The summed E-state index contributed by atoms with van der Waals surface area (Å²) in [6.45, 7) is 1.67. The van der Waals surface area contributed by atoms with Crippen molar-refractivity contribution < 1.29 is 14.4 Å². The number of hydrogen-bond acceptors (Lipinski definition) is 7. The van der Waals surface area contributed by atoms with E-state index in [4.69, 9.17) is 5.73 Å². The molecule has 2 N–H and O–H groups in total. The maximum absolute atomic E-state index is 12.7. The lowest BCUT2D eigenvalue weighted by Crippen LogP contribution is -2.33. The molecular weight excluding hydrogens is 350 g/mol. The first kappa shape index (κ1) is 16.5. The number of fused-ring (bicyclic) bond motifs is 1. The number of rotatable bonds is 4. The molecular formula is C17H13N7O3. The molecule has 1 aliphatic rings. The Balaban J connectivity index is 1.75. The molecule has 1 aliphatic heterocycles. The van der Waals surface area contributed by atoms with Gasteiger partial charge in [-0.05, 0) is 19.1 Å². The minimum absolute atomic E-state index is 0.181. The molecule has 4 rings (SSSR count). The number of nitrogens with zero attached hydrogens (tertiary/aromatic N) is 6. The Morgan fingerprint density at radius 2 is 1.67 bits per heavy atom. The number of nitrogens with two attached hydrogens (primary N) is 1. The van der Waals surface area contributed by atoms with Gasteiger partial charge in [-0.3, -0.25) is 24.3 Å². The molecule has 10 nitrogen and oxygen atoms in total. The van der Waals surface area contributed by atoms with Gasteiger partial charge >= 0.3 is 0 Å². The van der Waals surface area contributed by atoms with E-state index >= 15 is 0 Å². The summed E-state index contributed by atoms with van der Waals surface area (Å²) in [5.41, 5.74) is 6.19. The number of hydrogen-bond donors (Lipinski definition) is 1. The normalized spacial score (nSPS) is 14.3. The zero-order valence-corrected chi connectivity index (χ0v) is 14.1. The number of benzene rings is 1. The van der Waals surface area contributed by atoms with Gasteiger partial charge in [-0.15, -0.1) is 5.10 Å². The van der Waals surface area contributed by atoms with Crippen molar-refractivity contribution in [2.24, 2.45) is 5.73 Å². The molecule has 0 saturated heterocycles. The highest BCUT2D eigenvalue weighted by Gasteiger charge is 2.40. The Labute approximate surface area is 152 Å². The molecule has 0 saturated carbocycles. The second-order valence-electron chi connectivity index (χ2n) is 5.84. The van der Waals surface area contributed by atoms with Crippen LogP contribution in [0.2, 0.25) is 0 Å². The van der Waals surface area contributed by atoms with E-state index in [0.717, 1.165) is 4.90 Å². The number of imide groups is 1. The van der Waals surface area contributed by atoms with Gasteiger partial charge in [0, 0.05) is 12.4 Å². The van der Waals surface area contributed by atoms with Crippen LogP contribution in [-0.2, 0) is 0 Å². The number of aromatic nitrogens is 5. The Kier molecular flexibility index (Phi) is 3.73. The summed E-state index contributed by atoms with van der Waals surface area (Å²) in [5.74, 6) is -1.54. The summed E-state index contributed by atoms with van der Waals surface area (Å²) < 4.78 is 1.23. The molecule has 10 heteroatoms. The van der Waals surface area contributed by atoms with Gasteiger partial charge in [0.1, 0.15) is 12.0 Å². The van der Waals surface area contributed by atoms with Crippen LogP contribution in [-0.4, -0.2) is 47.4 Å². The topological polar surface area (TPSA) is 137 Å². The highest BCUT2D eigenvalue weighted by atomic mass is 16.2. The highest BCUT2D eigenvalue weighted by molar-refractivity contribution is 6.21. The van der Waals surface area contributed by atoms with E-state index in [-0.39, 0.29) is 11.6 Å². The number of carbonyl (C=O) groups is 3. The zero-order chi connectivity index (χ0) is 19.1. The smallest absolute Gasteiger partial charge is 0.288 e. The van der Waals surface area contributed by atoms with Gasteiger partial charge in [-0.1, -0.05) is 12.1 Å². The molecule has 3 aromatic rings. The molecule has 1 atom stereocenters. The van der Waals surface area contributed by atoms with Gasteiger partial charge in [0.25, 0.3) is 17.7 Å². The number of amides is 3. The van der Waals surface area contributed by atoms with Crippen LogP contribution in [0.4, 0.5) is 0 Å². The molecule has 0 bridgehead atoms. The van der Waals surface area contributed by atoms with Crippen LogP contribution in [0, 0.1) is 0 Å². The van der Waals surface area contributed by atoms with E-state index in [1.807, 2.05) is 0 Å². The van der Waals surface area contributed by atoms with Crippen molar-refractivity contribution in [1.82, 2.24) is 29.6 Å². The van der Waals surface area contributed by atoms with Crippen molar-refractivity contribution in [1.29, 1.82) is 0 Å². The third kappa shape index (κ3) is 2.54. The molecule has 0 aliphatic carbocycles. The largest absolute Gasteiger partial charge is 0.363 e. The maximum atomic E-state index is 12.7. The molecule has 3 amide bonds. The molecule has 2 aromatic heterocycles. The second-order valence-corrected chi connectivity index (χ2v) is 5.84. The van der Waals surface area contributed by atoms with E-state index in [2.05, 4.69) is 20.1 Å². The summed E-state index contributed by atoms with van der Waals surface area (Å²) in [6.07, 6.45) is 4.14. The molecule has 1 aromatic carbocycles. The standard InChI is InChI=1S/C17H13N7O3/c1-9(24-16(26)10-4-2-3-5-11(10)17(24)27)12-15(20-7-6-19-12)23-8-21-14(22-23)13(18)25/h2-9H,1H3,(H2,18,25). The molecule has 27 heavy (non-hydrogen) atoms. The van der Waals surface area contributed by atoms with Crippen molar-refractivity contribution >= 4 is 17.7 Å². The van der Waals surface area contributed by atoms with E-state index in [1.54, 1.807) is 31.2 Å². The number of primary amides is 1. The van der Waals surface area contributed by atoms with Gasteiger partial charge in [-0.2, -0.15) is 4.68 Å². The fourth-order valence-electron chi connectivity index (χ4n) is 2.97. The van der Waals surface area contributed by atoms with Crippen LogP contribution >= 0.6 is 0 Å². The van der Waals surface area contributed by atoms with Crippen LogP contribution < -0.4 is 5.73 Å². The van der Waals surface area contributed by atoms with Crippen molar-refractivity contribution in [2.75, 3.05) is 0 Å². The molecule has 0 fully saturated rings. The lowest BCUT2D eigenvalue weighted by atomic mass is 10.1. The lowest BCUT2D eigenvalue weighted by Gasteiger charge is -2.23. The highest BCUT2D eigenvalue weighted by Crippen LogP contribution is 2.31. The fraction of sp³-hybridized carbons (Fsp3) is 0.118. The minimum Gasteiger partial charge on any atom is -0.363 e. The van der Waals surface area contributed by atoms with Crippen molar-refractivity contribution in [2.45, 2.75) is 13.0 Å². The predicted molar refractivity (Wildman–Crippen MR) is 90.8 cm³/mol. The Morgan fingerprint density at radius 1 is 1.04 bits per heavy atom. The first-order valence-electron chi connectivity index (χ1n) is 7.98. The maximum Gasteiger partial charge on any atom is 0.288 e. The van der Waals surface area contributed by atoms with E-state index in [9.17, 15) is 14.4 Å². The van der Waals surface area contributed by atoms with Gasteiger partial charge < -0.3 is 5.73 Å². The van der Waals surface area contributed by atoms with Gasteiger partial charge in [0.15, 0.2) is 5.82 Å². The fourth-order valence-corrected chi connectivity index (χ4v) is 2.97. The second kappa shape index (κ2) is 6.09. The summed E-state index contributed by atoms with van der Waals surface area (Å²) in [7, 11) is 0. The molecule has 0 radical (unpaired) electrons. The summed E-state index contributed by atoms with van der Waals surface area (Å²) in [4.78, 5) is 50.1. The monoisotopic (exact) mass is 363 g/mol. The quantitative estimate of drug-likeness (QED) is 0.667. The summed E-state index contributed by atoms with van der Waals surface area (Å²) >= 11 is 0. The molecule has 1 unspecified atom stereocenters. The molecule has 3 heterocycles. The van der Waals surface area contributed by atoms with Crippen molar-refractivity contribution in [3.63, 3.8) is 0 Å². The third-order valence-corrected chi connectivity index (χ3v) is 4.24. The number of carbonyl (C=O) groups excluding carboxylic acids is 3. The van der Waals surface area contributed by atoms with E-state index < -0.39 is 23.8 Å². The third-order valence-electron chi connectivity index (χ3n) is 4.24. The van der Waals surface area contributed by atoms with Gasteiger partial charge in [0.05, 0.1) is 17.2 Å². The minimum atomic E-state index is -0.785. The van der Waals surface area contributed by atoms with Crippen LogP contribution in [0.3, 0.4) is 0 Å². The molecule has 0 spiro atoms. The van der Waals surface area contributed by atoms with Gasteiger partial charge in [0.2, 0.25) is 5.82 Å². The van der Waals surface area contributed by atoms with Crippen LogP contribution in [0.15, 0.2) is 43.0 Å². The Morgan fingerprint density at radius 3 is 2.26 bits per heavy atom. The van der Waals surface area contributed by atoms with Crippen LogP contribution in [0.5, 0.6) is 0 Å². The average Bonchev–Trinajstić information content (AvgIpc) is 3.26. The van der Waals surface area contributed by atoms with Crippen LogP contribution in [0.25, 0.3) is 5.82 Å². The van der Waals surface area contributed by atoms with Crippen molar-refractivity contribution in [3.8, 4) is 5.82 Å². The Bertz CT molecular complexity index is 1060. The summed E-state index contributed by atoms with van der Waals surface area (Å²) in [5, 5.41) is 3.97. The molecule has 134 valence electrons. The van der Waals surface area contributed by atoms with E-state index in [0.29, 0.717) is 16.8 Å². The SMILES string of the molecule is CC(c1nccnc1-n1cnc(C(N)=O)n1)N1C(=O)c2ccccc2C1=O. The average molecular weight is 363 g/mol. The predicted octanol–water partition coefficient (Wildman–Crippen LogP) is 0.513. The zero-order valence-electron chi connectivity index (χ0n) is 14.1. The van der Waals surface area contributed by atoms with E-state index in [1.165, 1.54) is 23.4 Å².